The van der Waals surface area contributed by atoms with Gasteiger partial charge < -0.3 is 4.74 Å². The fourth-order valence-electron chi connectivity index (χ4n) is 2.59. The lowest BCUT2D eigenvalue weighted by molar-refractivity contribution is -0.148. The Morgan fingerprint density at radius 3 is 3.08 bits per heavy atom. The van der Waals surface area contributed by atoms with Gasteiger partial charge in [-0.1, -0.05) is 0 Å². The average molecular weight is 183 g/mol. The van der Waals surface area contributed by atoms with Gasteiger partial charge in [-0.05, 0) is 39.2 Å². The molecule has 2 rings (SSSR count). The molecule has 0 aliphatic carbocycles. The molecule has 0 bridgehead atoms. The number of carbonyl (C=O) groups excluding carboxylic acids is 1. The summed E-state index contributed by atoms with van der Waals surface area (Å²) in [5, 5.41) is 0. The van der Waals surface area contributed by atoms with Crippen LogP contribution >= 0.6 is 0 Å². The summed E-state index contributed by atoms with van der Waals surface area (Å²) < 4.78 is 5.05. The second-order valence-corrected chi connectivity index (χ2v) is 3.88. The van der Waals surface area contributed by atoms with Crippen LogP contribution in [0.3, 0.4) is 0 Å². The molecular weight excluding hydrogens is 166 g/mol. The van der Waals surface area contributed by atoms with Crippen molar-refractivity contribution in [2.45, 2.75) is 44.7 Å². The van der Waals surface area contributed by atoms with E-state index in [1.54, 1.807) is 0 Å². The molecule has 0 aromatic carbocycles. The van der Waals surface area contributed by atoms with E-state index in [1.165, 1.54) is 19.3 Å². The van der Waals surface area contributed by atoms with Crippen molar-refractivity contribution in [1.29, 1.82) is 0 Å². The van der Waals surface area contributed by atoms with Crippen LogP contribution < -0.4 is 0 Å². The molecular formula is C10H17NO2. The highest BCUT2D eigenvalue weighted by molar-refractivity contribution is 5.76. The third kappa shape index (κ3) is 1.57. The largest absolute Gasteiger partial charge is 0.465 e. The molecule has 2 heterocycles. The van der Waals surface area contributed by atoms with Gasteiger partial charge in [0.25, 0.3) is 0 Å². The molecule has 2 atom stereocenters. The number of rotatable bonds is 2. The molecule has 0 N–H and O–H groups in total. The van der Waals surface area contributed by atoms with Crippen molar-refractivity contribution in [1.82, 2.24) is 4.90 Å². The Morgan fingerprint density at radius 2 is 2.31 bits per heavy atom. The van der Waals surface area contributed by atoms with E-state index in [2.05, 4.69) is 4.90 Å². The van der Waals surface area contributed by atoms with E-state index >= 15 is 0 Å². The van der Waals surface area contributed by atoms with Crippen molar-refractivity contribution in [3.63, 3.8) is 0 Å². The fraction of sp³-hybridized carbons (Fsp3) is 0.900. The highest BCUT2D eigenvalue weighted by Gasteiger charge is 2.40. The molecule has 13 heavy (non-hydrogen) atoms. The Kier molecular flexibility index (Phi) is 2.54. The van der Waals surface area contributed by atoms with Crippen LogP contribution in [0.2, 0.25) is 0 Å². The lowest BCUT2D eigenvalue weighted by Crippen LogP contribution is -2.38. The Labute approximate surface area is 79.0 Å². The van der Waals surface area contributed by atoms with Gasteiger partial charge in [-0.25, -0.2) is 0 Å². The quantitative estimate of drug-likeness (QED) is 0.602. The fourth-order valence-corrected chi connectivity index (χ4v) is 2.59. The zero-order valence-corrected chi connectivity index (χ0v) is 8.16. The van der Waals surface area contributed by atoms with Crippen LogP contribution in [-0.2, 0) is 9.53 Å². The van der Waals surface area contributed by atoms with Crippen molar-refractivity contribution < 1.29 is 9.53 Å². The lowest BCUT2D eigenvalue weighted by atomic mass is 10.1. The van der Waals surface area contributed by atoms with Gasteiger partial charge in [-0.3, -0.25) is 9.69 Å². The molecule has 74 valence electrons. The molecule has 2 aliphatic rings. The van der Waals surface area contributed by atoms with Gasteiger partial charge in [0.15, 0.2) is 0 Å². The zero-order chi connectivity index (χ0) is 9.26. The van der Waals surface area contributed by atoms with Crippen molar-refractivity contribution in [2.75, 3.05) is 13.2 Å². The van der Waals surface area contributed by atoms with E-state index in [0.29, 0.717) is 12.6 Å². The summed E-state index contributed by atoms with van der Waals surface area (Å²) in [4.78, 5) is 13.9. The first-order valence-corrected chi connectivity index (χ1v) is 5.25. The molecule has 2 fully saturated rings. The smallest absolute Gasteiger partial charge is 0.323 e. The number of carbonyl (C=O) groups is 1. The molecule has 0 aromatic rings. The van der Waals surface area contributed by atoms with E-state index in [-0.39, 0.29) is 12.0 Å². The summed E-state index contributed by atoms with van der Waals surface area (Å²) >= 11 is 0. The standard InChI is InChI=1S/C10H17NO2/c1-2-13-10(12)9-6-5-8-4-3-7-11(8)9/h8-9H,2-7H2,1H3/t8-,9-/m1/s1. The number of esters is 1. The lowest BCUT2D eigenvalue weighted by Gasteiger charge is -2.21. The maximum Gasteiger partial charge on any atom is 0.323 e. The summed E-state index contributed by atoms with van der Waals surface area (Å²) in [6, 6.07) is 0.752. The van der Waals surface area contributed by atoms with Crippen molar-refractivity contribution in [2.24, 2.45) is 0 Å². The van der Waals surface area contributed by atoms with E-state index in [9.17, 15) is 4.79 Å². The first-order chi connectivity index (χ1) is 6.33. The third-order valence-electron chi connectivity index (χ3n) is 3.16. The molecule has 3 heteroatoms. The van der Waals surface area contributed by atoms with E-state index in [0.717, 1.165) is 13.0 Å². The molecule has 0 unspecified atom stereocenters. The van der Waals surface area contributed by atoms with Crippen LogP contribution in [0.4, 0.5) is 0 Å². The van der Waals surface area contributed by atoms with Crippen LogP contribution in [0.5, 0.6) is 0 Å². The predicted molar refractivity (Wildman–Crippen MR) is 49.4 cm³/mol. The minimum atomic E-state index is -0.00750. The van der Waals surface area contributed by atoms with Gasteiger partial charge >= 0.3 is 5.97 Å². The molecule has 0 spiro atoms. The maximum atomic E-state index is 11.5. The summed E-state index contributed by atoms with van der Waals surface area (Å²) in [5.41, 5.74) is 0. The van der Waals surface area contributed by atoms with Crippen LogP contribution in [0.1, 0.15) is 32.6 Å². The minimum Gasteiger partial charge on any atom is -0.465 e. The molecule has 2 saturated heterocycles. The predicted octanol–water partition coefficient (Wildman–Crippen LogP) is 1.18. The Morgan fingerprint density at radius 1 is 1.46 bits per heavy atom. The number of hydrogen-bond acceptors (Lipinski definition) is 3. The SMILES string of the molecule is CCOC(=O)[C@H]1CC[C@H]2CCCN21. The second-order valence-electron chi connectivity index (χ2n) is 3.88. The second kappa shape index (κ2) is 3.66. The number of nitrogens with zero attached hydrogens (tertiary/aromatic N) is 1. The summed E-state index contributed by atoms with van der Waals surface area (Å²) in [7, 11) is 0. The third-order valence-corrected chi connectivity index (χ3v) is 3.16. The molecule has 0 aromatic heterocycles. The van der Waals surface area contributed by atoms with E-state index in [1.807, 2.05) is 6.92 Å². The first-order valence-electron chi connectivity index (χ1n) is 5.25. The minimum absolute atomic E-state index is 0.00750. The van der Waals surface area contributed by atoms with Gasteiger partial charge in [0, 0.05) is 6.04 Å². The van der Waals surface area contributed by atoms with E-state index < -0.39 is 0 Å². The van der Waals surface area contributed by atoms with Crippen molar-refractivity contribution in [3.05, 3.63) is 0 Å². The molecule has 2 aliphatic heterocycles. The van der Waals surface area contributed by atoms with Crippen LogP contribution in [0.15, 0.2) is 0 Å². The normalized spacial score (nSPS) is 33.3. The highest BCUT2D eigenvalue weighted by atomic mass is 16.5. The summed E-state index contributed by atoms with van der Waals surface area (Å²) in [5.74, 6) is -0.00750. The Hall–Kier alpha value is -0.570. The van der Waals surface area contributed by atoms with Crippen molar-refractivity contribution in [3.8, 4) is 0 Å². The first kappa shape index (κ1) is 9.00. The van der Waals surface area contributed by atoms with Gasteiger partial charge in [0.05, 0.1) is 6.61 Å². The van der Waals surface area contributed by atoms with Gasteiger partial charge in [-0.2, -0.15) is 0 Å². The summed E-state index contributed by atoms with van der Waals surface area (Å²) in [6.45, 7) is 3.47. The Bertz CT molecular complexity index is 205. The zero-order valence-electron chi connectivity index (χ0n) is 8.16. The van der Waals surface area contributed by atoms with Gasteiger partial charge in [-0.15, -0.1) is 0 Å². The van der Waals surface area contributed by atoms with Crippen molar-refractivity contribution >= 4 is 5.97 Å². The van der Waals surface area contributed by atoms with Gasteiger partial charge in [0.2, 0.25) is 0 Å². The molecule has 3 nitrogen and oxygen atoms in total. The Balaban J connectivity index is 1.96. The topological polar surface area (TPSA) is 29.5 Å². The van der Waals surface area contributed by atoms with E-state index in [4.69, 9.17) is 4.74 Å². The monoisotopic (exact) mass is 183 g/mol. The molecule has 0 amide bonds. The molecule has 0 radical (unpaired) electrons. The number of fused-ring (bicyclic) bond motifs is 1. The average Bonchev–Trinajstić information content (AvgIpc) is 2.62. The van der Waals surface area contributed by atoms with Gasteiger partial charge in [0.1, 0.15) is 6.04 Å². The number of ether oxygens (including phenoxy) is 1. The maximum absolute atomic E-state index is 11.5. The van der Waals surface area contributed by atoms with Crippen LogP contribution in [0, 0.1) is 0 Å². The number of hydrogen-bond donors (Lipinski definition) is 0. The van der Waals surface area contributed by atoms with Crippen LogP contribution in [-0.4, -0.2) is 36.1 Å². The van der Waals surface area contributed by atoms with Crippen LogP contribution in [0.25, 0.3) is 0 Å². The summed E-state index contributed by atoms with van der Waals surface area (Å²) in [6.07, 6.45) is 4.71. The highest BCUT2D eigenvalue weighted by Crippen LogP contribution is 2.32. The molecule has 0 saturated carbocycles.